The molecule has 1 aromatic rings. The quantitative estimate of drug-likeness (QED) is 0.366. The summed E-state index contributed by atoms with van der Waals surface area (Å²) < 4.78 is 0. The smallest absolute Gasteiger partial charge is 0.225 e. The second-order valence-corrected chi connectivity index (χ2v) is 7.66. The number of nitrogens with zero attached hydrogens (tertiary/aromatic N) is 5. The third-order valence-corrected chi connectivity index (χ3v) is 5.59. The Kier molecular flexibility index (Phi) is 9.76. The highest BCUT2D eigenvalue weighted by Gasteiger charge is 2.22. The van der Waals surface area contributed by atoms with Gasteiger partial charge in [-0.3, -0.25) is 9.89 Å². The Bertz CT molecular complexity index is 539. The first kappa shape index (κ1) is 21.5. The van der Waals surface area contributed by atoms with Crippen LogP contribution in [-0.4, -0.2) is 84.7 Å². The summed E-state index contributed by atoms with van der Waals surface area (Å²) >= 11 is 2.05. The highest BCUT2D eigenvalue weighted by molar-refractivity contribution is 14.0. The van der Waals surface area contributed by atoms with E-state index in [0.717, 1.165) is 50.9 Å². The molecule has 0 spiro atoms. The number of aromatic nitrogens is 2. The van der Waals surface area contributed by atoms with E-state index in [-0.39, 0.29) is 24.0 Å². The van der Waals surface area contributed by atoms with Crippen LogP contribution in [0.2, 0.25) is 0 Å². The zero-order valence-corrected chi connectivity index (χ0v) is 18.6. The van der Waals surface area contributed by atoms with Crippen molar-refractivity contribution in [3.63, 3.8) is 0 Å². The first-order valence-corrected chi connectivity index (χ1v) is 10.3. The van der Waals surface area contributed by atoms with Crippen molar-refractivity contribution in [2.75, 3.05) is 62.7 Å². The summed E-state index contributed by atoms with van der Waals surface area (Å²) in [4.78, 5) is 17.9. The first-order valence-electron chi connectivity index (χ1n) is 9.14. The Morgan fingerprint density at radius 2 is 2.04 bits per heavy atom. The van der Waals surface area contributed by atoms with Gasteiger partial charge in [-0.25, -0.2) is 9.97 Å². The summed E-state index contributed by atoms with van der Waals surface area (Å²) in [5, 5.41) is 7.02. The molecule has 1 aromatic heterocycles. The van der Waals surface area contributed by atoms with Crippen molar-refractivity contribution >= 4 is 47.6 Å². The summed E-state index contributed by atoms with van der Waals surface area (Å²) in [7, 11) is 1.84. The van der Waals surface area contributed by atoms with Crippen molar-refractivity contribution in [1.29, 1.82) is 0 Å². The van der Waals surface area contributed by atoms with Gasteiger partial charge in [0, 0.05) is 76.3 Å². The molecule has 0 saturated carbocycles. The van der Waals surface area contributed by atoms with Crippen molar-refractivity contribution in [3.05, 3.63) is 18.5 Å². The predicted octanol–water partition coefficient (Wildman–Crippen LogP) is 1.28. The van der Waals surface area contributed by atoms with Gasteiger partial charge in [0.15, 0.2) is 5.96 Å². The number of halogens is 1. The SMILES string of the molecule is CN=C(NCCN1CCSCC1)NC1CCCN(c2ncccn2)C1.I. The van der Waals surface area contributed by atoms with E-state index in [1.807, 2.05) is 13.1 Å². The molecule has 9 heteroatoms. The monoisotopic (exact) mass is 491 g/mol. The molecule has 146 valence electrons. The Hall–Kier alpha value is -0.810. The van der Waals surface area contributed by atoms with Crippen molar-refractivity contribution in [2.45, 2.75) is 18.9 Å². The largest absolute Gasteiger partial charge is 0.355 e. The van der Waals surface area contributed by atoms with E-state index in [0.29, 0.717) is 6.04 Å². The summed E-state index contributed by atoms with van der Waals surface area (Å²) in [6.07, 6.45) is 5.89. The topological polar surface area (TPSA) is 68.7 Å². The maximum absolute atomic E-state index is 4.38. The Balaban J connectivity index is 0.00000243. The molecule has 3 heterocycles. The van der Waals surface area contributed by atoms with E-state index in [1.165, 1.54) is 24.6 Å². The third kappa shape index (κ3) is 6.73. The number of anilines is 1. The van der Waals surface area contributed by atoms with Gasteiger partial charge in [-0.1, -0.05) is 0 Å². The van der Waals surface area contributed by atoms with Crippen molar-refractivity contribution in [2.24, 2.45) is 4.99 Å². The molecule has 1 unspecified atom stereocenters. The number of aliphatic imine (C=N–C) groups is 1. The number of rotatable bonds is 5. The summed E-state index contributed by atoms with van der Waals surface area (Å²) in [6, 6.07) is 2.23. The van der Waals surface area contributed by atoms with Crippen LogP contribution in [0, 0.1) is 0 Å². The number of piperidine rings is 1. The molecule has 0 bridgehead atoms. The Morgan fingerprint density at radius 1 is 1.27 bits per heavy atom. The maximum atomic E-state index is 4.38. The minimum atomic E-state index is 0. The van der Waals surface area contributed by atoms with E-state index >= 15 is 0 Å². The minimum Gasteiger partial charge on any atom is -0.355 e. The van der Waals surface area contributed by atoms with E-state index in [1.54, 1.807) is 12.4 Å². The summed E-state index contributed by atoms with van der Waals surface area (Å²) in [5.41, 5.74) is 0. The van der Waals surface area contributed by atoms with Gasteiger partial charge in [0.05, 0.1) is 0 Å². The van der Waals surface area contributed by atoms with Crippen LogP contribution in [-0.2, 0) is 0 Å². The zero-order valence-electron chi connectivity index (χ0n) is 15.4. The molecule has 1 atom stereocenters. The van der Waals surface area contributed by atoms with Gasteiger partial charge in [0.1, 0.15) is 0 Å². The average molecular weight is 491 g/mol. The van der Waals surface area contributed by atoms with Crippen LogP contribution in [0.25, 0.3) is 0 Å². The molecule has 2 fully saturated rings. The molecule has 0 radical (unpaired) electrons. The second kappa shape index (κ2) is 11.8. The van der Waals surface area contributed by atoms with Crippen LogP contribution in [0.3, 0.4) is 0 Å². The van der Waals surface area contributed by atoms with Crippen LogP contribution >= 0.6 is 35.7 Å². The summed E-state index contributed by atoms with van der Waals surface area (Å²) in [5.74, 6) is 4.23. The molecule has 0 aromatic carbocycles. The van der Waals surface area contributed by atoms with Crippen LogP contribution < -0.4 is 15.5 Å². The molecule has 0 aliphatic carbocycles. The normalized spacial score (nSPS) is 21.8. The molecule has 2 saturated heterocycles. The van der Waals surface area contributed by atoms with E-state index in [2.05, 4.69) is 47.2 Å². The van der Waals surface area contributed by atoms with E-state index in [4.69, 9.17) is 0 Å². The molecular formula is C17H30IN7S. The maximum Gasteiger partial charge on any atom is 0.225 e. The number of hydrogen-bond donors (Lipinski definition) is 2. The van der Waals surface area contributed by atoms with Crippen LogP contribution in [0.5, 0.6) is 0 Å². The molecule has 0 amide bonds. The molecule has 3 rings (SSSR count). The van der Waals surface area contributed by atoms with Gasteiger partial charge >= 0.3 is 0 Å². The van der Waals surface area contributed by atoms with Crippen LogP contribution in [0.1, 0.15) is 12.8 Å². The van der Waals surface area contributed by atoms with Gasteiger partial charge in [0.2, 0.25) is 5.95 Å². The zero-order chi connectivity index (χ0) is 17.3. The van der Waals surface area contributed by atoms with E-state index in [9.17, 15) is 0 Å². The minimum absolute atomic E-state index is 0. The highest BCUT2D eigenvalue weighted by Crippen LogP contribution is 2.15. The standard InChI is InChI=1S/C17H29N7S.HI/c1-18-16(19-7-9-23-10-12-25-13-11-23)22-15-4-2-8-24(14-15)17-20-5-3-6-21-17;/h3,5-6,15H,2,4,7-14H2,1H3,(H2,18,19,22);1H. The first-order chi connectivity index (χ1) is 12.3. The van der Waals surface area contributed by atoms with Gasteiger partial charge in [-0.05, 0) is 18.9 Å². The lowest BCUT2D eigenvalue weighted by Crippen LogP contribution is -2.52. The van der Waals surface area contributed by atoms with Crippen LogP contribution in [0.15, 0.2) is 23.5 Å². The van der Waals surface area contributed by atoms with Crippen molar-refractivity contribution in [3.8, 4) is 0 Å². The van der Waals surface area contributed by atoms with Crippen molar-refractivity contribution < 1.29 is 0 Å². The molecule has 2 N–H and O–H groups in total. The predicted molar refractivity (Wildman–Crippen MR) is 121 cm³/mol. The lowest BCUT2D eigenvalue weighted by atomic mass is 10.1. The number of guanidine groups is 1. The van der Waals surface area contributed by atoms with Crippen LogP contribution in [0.4, 0.5) is 5.95 Å². The lowest BCUT2D eigenvalue weighted by molar-refractivity contribution is 0.306. The molecular weight excluding hydrogens is 461 g/mol. The fraction of sp³-hybridized carbons (Fsp3) is 0.706. The number of nitrogens with one attached hydrogen (secondary N) is 2. The van der Waals surface area contributed by atoms with E-state index < -0.39 is 0 Å². The Labute approximate surface area is 177 Å². The lowest BCUT2D eigenvalue weighted by Gasteiger charge is -2.34. The average Bonchev–Trinajstić information content (AvgIpc) is 2.69. The molecule has 26 heavy (non-hydrogen) atoms. The molecule has 2 aliphatic heterocycles. The van der Waals surface area contributed by atoms with Gasteiger partial charge in [-0.2, -0.15) is 11.8 Å². The van der Waals surface area contributed by atoms with Crippen molar-refractivity contribution in [1.82, 2.24) is 25.5 Å². The molecule has 2 aliphatic rings. The molecule has 7 nitrogen and oxygen atoms in total. The Morgan fingerprint density at radius 3 is 2.77 bits per heavy atom. The second-order valence-electron chi connectivity index (χ2n) is 6.43. The highest BCUT2D eigenvalue weighted by atomic mass is 127. The van der Waals surface area contributed by atoms with Gasteiger partial charge in [0.25, 0.3) is 0 Å². The third-order valence-electron chi connectivity index (χ3n) is 4.65. The fourth-order valence-corrected chi connectivity index (χ4v) is 4.26. The number of thioether (sulfide) groups is 1. The van der Waals surface area contributed by atoms with Gasteiger partial charge < -0.3 is 15.5 Å². The fourth-order valence-electron chi connectivity index (χ4n) is 3.28. The number of hydrogen-bond acceptors (Lipinski definition) is 6. The van der Waals surface area contributed by atoms with Gasteiger partial charge in [-0.15, -0.1) is 24.0 Å². The summed E-state index contributed by atoms with van der Waals surface area (Å²) in [6.45, 7) is 6.34.